The van der Waals surface area contributed by atoms with Gasteiger partial charge in [-0.2, -0.15) is 0 Å². The molecule has 0 spiro atoms. The van der Waals surface area contributed by atoms with Crippen molar-refractivity contribution in [2.24, 2.45) is 0 Å². The van der Waals surface area contributed by atoms with Gasteiger partial charge in [0.05, 0.1) is 12.3 Å². The Labute approximate surface area is 201 Å². The van der Waals surface area contributed by atoms with Gasteiger partial charge in [-0.05, 0) is 49.6 Å². The van der Waals surface area contributed by atoms with Gasteiger partial charge in [0.15, 0.2) is 17.3 Å². The lowest BCUT2D eigenvalue weighted by molar-refractivity contribution is -0.286. The van der Waals surface area contributed by atoms with Crippen LogP contribution in [0.25, 0.3) is 5.69 Å². The van der Waals surface area contributed by atoms with Gasteiger partial charge in [-0.1, -0.05) is 30.3 Å². The predicted molar refractivity (Wildman–Crippen MR) is 126 cm³/mol. The van der Waals surface area contributed by atoms with Gasteiger partial charge in [0, 0.05) is 42.0 Å². The number of aryl methyl sites for hydroxylation is 2. The van der Waals surface area contributed by atoms with Crippen LogP contribution in [0, 0.1) is 6.92 Å². The highest BCUT2D eigenvalue weighted by Crippen LogP contribution is 2.42. The molecule has 0 fully saturated rings. The number of nitrogens with one attached hydrogen (secondary N) is 1. The molecular weight excluding hydrogens is 454 g/mol. The topological polar surface area (TPSA) is 70.4 Å². The standard InChI is InChI=1S/C26H24F2N4O3/c1-18-14-22(11-12-29-18)32-21(8-5-13-33-17-19-6-3-2-4-7-19)16-25(31-32)30-20-9-10-23-24(15-20)35-26(27,28)34-23/h2-4,6-7,9-12,14-16H,5,8,13,17H2,1H3,(H,30,31). The number of pyridine rings is 1. The summed E-state index contributed by atoms with van der Waals surface area (Å²) in [7, 11) is 0. The van der Waals surface area contributed by atoms with Gasteiger partial charge in [0.2, 0.25) is 0 Å². The molecule has 35 heavy (non-hydrogen) atoms. The van der Waals surface area contributed by atoms with Crippen LogP contribution in [0.5, 0.6) is 11.5 Å². The molecule has 3 heterocycles. The van der Waals surface area contributed by atoms with Gasteiger partial charge < -0.3 is 19.5 Å². The second kappa shape index (κ2) is 9.71. The number of hydrogen-bond donors (Lipinski definition) is 1. The average Bonchev–Trinajstić information content (AvgIpc) is 3.38. The third kappa shape index (κ3) is 5.58. The van der Waals surface area contributed by atoms with Gasteiger partial charge in [0.25, 0.3) is 0 Å². The molecule has 9 heteroatoms. The number of alkyl halides is 2. The van der Waals surface area contributed by atoms with Crippen LogP contribution in [0.3, 0.4) is 0 Å². The molecule has 2 aromatic heterocycles. The van der Waals surface area contributed by atoms with Crippen LogP contribution in [0.2, 0.25) is 0 Å². The Morgan fingerprint density at radius 2 is 1.83 bits per heavy atom. The smallest absolute Gasteiger partial charge is 0.395 e. The third-order valence-electron chi connectivity index (χ3n) is 5.41. The minimum Gasteiger partial charge on any atom is -0.395 e. The Balaban J connectivity index is 1.29. The second-order valence-electron chi connectivity index (χ2n) is 8.18. The summed E-state index contributed by atoms with van der Waals surface area (Å²) in [5.41, 5.74) is 4.43. The molecule has 7 nitrogen and oxygen atoms in total. The van der Waals surface area contributed by atoms with E-state index in [0.717, 1.165) is 35.5 Å². The maximum atomic E-state index is 13.3. The largest absolute Gasteiger partial charge is 0.586 e. The fourth-order valence-corrected chi connectivity index (χ4v) is 3.84. The van der Waals surface area contributed by atoms with Gasteiger partial charge in [-0.3, -0.25) is 4.98 Å². The number of aromatic nitrogens is 3. The van der Waals surface area contributed by atoms with E-state index in [4.69, 9.17) is 9.84 Å². The molecule has 0 radical (unpaired) electrons. The molecule has 0 atom stereocenters. The molecule has 4 aromatic rings. The van der Waals surface area contributed by atoms with Crippen molar-refractivity contribution >= 4 is 11.5 Å². The first kappa shape index (κ1) is 22.8. The van der Waals surface area contributed by atoms with Crippen LogP contribution >= 0.6 is 0 Å². The Bertz CT molecular complexity index is 1310. The summed E-state index contributed by atoms with van der Waals surface area (Å²) in [6.07, 6.45) is -0.374. The van der Waals surface area contributed by atoms with Crippen LogP contribution in [0.1, 0.15) is 23.4 Å². The number of nitrogens with zero attached hydrogens (tertiary/aromatic N) is 3. The maximum absolute atomic E-state index is 13.3. The van der Waals surface area contributed by atoms with Crippen LogP contribution in [0.15, 0.2) is 72.9 Å². The van der Waals surface area contributed by atoms with Crippen molar-refractivity contribution in [3.8, 4) is 17.2 Å². The van der Waals surface area contributed by atoms with Crippen molar-refractivity contribution in [2.45, 2.75) is 32.7 Å². The molecule has 180 valence electrons. The highest BCUT2D eigenvalue weighted by atomic mass is 19.3. The zero-order valence-corrected chi connectivity index (χ0v) is 19.1. The van der Waals surface area contributed by atoms with Crippen LogP contribution in [0.4, 0.5) is 20.3 Å². The van der Waals surface area contributed by atoms with Gasteiger partial charge in [-0.25, -0.2) is 4.68 Å². The van der Waals surface area contributed by atoms with Crippen LogP contribution in [-0.2, 0) is 17.8 Å². The highest BCUT2D eigenvalue weighted by molar-refractivity contribution is 5.62. The Morgan fingerprint density at radius 1 is 1.00 bits per heavy atom. The quantitative estimate of drug-likeness (QED) is 0.307. The van der Waals surface area contributed by atoms with E-state index < -0.39 is 6.29 Å². The lowest BCUT2D eigenvalue weighted by Crippen LogP contribution is -2.25. The lowest BCUT2D eigenvalue weighted by Gasteiger charge is -2.08. The summed E-state index contributed by atoms with van der Waals surface area (Å²) in [4.78, 5) is 4.27. The van der Waals surface area contributed by atoms with Crippen molar-refractivity contribution in [3.63, 3.8) is 0 Å². The summed E-state index contributed by atoms with van der Waals surface area (Å²) in [5, 5.41) is 7.87. The maximum Gasteiger partial charge on any atom is 0.586 e. The Morgan fingerprint density at radius 3 is 2.66 bits per heavy atom. The number of rotatable bonds is 9. The van der Waals surface area contributed by atoms with Crippen molar-refractivity contribution < 1.29 is 23.0 Å². The number of benzene rings is 2. The fourth-order valence-electron chi connectivity index (χ4n) is 3.84. The third-order valence-corrected chi connectivity index (χ3v) is 5.41. The lowest BCUT2D eigenvalue weighted by atomic mass is 10.2. The highest BCUT2D eigenvalue weighted by Gasteiger charge is 2.43. The Kier molecular flexibility index (Phi) is 6.33. The zero-order chi connectivity index (χ0) is 24.3. The van der Waals surface area contributed by atoms with Crippen molar-refractivity contribution in [2.75, 3.05) is 11.9 Å². The molecule has 2 aromatic carbocycles. The van der Waals surface area contributed by atoms with Crippen LogP contribution < -0.4 is 14.8 Å². The number of halogens is 2. The number of ether oxygens (including phenoxy) is 3. The number of fused-ring (bicyclic) bond motifs is 1. The van der Waals surface area contributed by atoms with E-state index in [2.05, 4.69) is 19.8 Å². The predicted octanol–water partition coefficient (Wildman–Crippen LogP) is 5.79. The molecule has 0 saturated heterocycles. The molecule has 5 rings (SSSR count). The minimum atomic E-state index is -3.66. The summed E-state index contributed by atoms with van der Waals surface area (Å²) in [6, 6.07) is 20.4. The first-order valence-corrected chi connectivity index (χ1v) is 11.3. The van der Waals surface area contributed by atoms with E-state index in [9.17, 15) is 8.78 Å². The number of hydrogen-bond acceptors (Lipinski definition) is 6. The molecule has 1 aliphatic heterocycles. The van der Waals surface area contributed by atoms with E-state index in [1.165, 1.54) is 12.1 Å². The molecule has 1 N–H and O–H groups in total. The molecule has 1 aliphatic rings. The zero-order valence-electron chi connectivity index (χ0n) is 19.1. The summed E-state index contributed by atoms with van der Waals surface area (Å²) < 4.78 is 43.4. The first-order chi connectivity index (χ1) is 16.9. The summed E-state index contributed by atoms with van der Waals surface area (Å²) >= 11 is 0. The monoisotopic (exact) mass is 478 g/mol. The molecule has 0 unspecified atom stereocenters. The molecule has 0 amide bonds. The molecule has 0 bridgehead atoms. The Hall–Kier alpha value is -3.98. The van der Waals surface area contributed by atoms with Gasteiger partial charge in [-0.15, -0.1) is 13.9 Å². The first-order valence-electron chi connectivity index (χ1n) is 11.3. The summed E-state index contributed by atoms with van der Waals surface area (Å²) in [5.74, 6) is 0.541. The van der Waals surface area contributed by atoms with Crippen molar-refractivity contribution in [1.29, 1.82) is 0 Å². The summed E-state index contributed by atoms with van der Waals surface area (Å²) in [6.45, 7) is 3.10. The minimum absolute atomic E-state index is 0.00506. The fraction of sp³-hybridized carbons (Fsp3) is 0.231. The number of anilines is 2. The molecule has 0 saturated carbocycles. The van der Waals surface area contributed by atoms with E-state index in [1.54, 1.807) is 12.3 Å². The molecular formula is C26H24F2N4O3. The van der Waals surface area contributed by atoms with Crippen LogP contribution in [-0.4, -0.2) is 27.7 Å². The van der Waals surface area contributed by atoms with E-state index in [-0.39, 0.29) is 11.5 Å². The van der Waals surface area contributed by atoms with Crippen molar-refractivity contribution in [1.82, 2.24) is 14.8 Å². The normalized spacial score (nSPS) is 13.7. The second-order valence-corrected chi connectivity index (χ2v) is 8.18. The molecule has 0 aliphatic carbocycles. The van der Waals surface area contributed by atoms with Gasteiger partial charge >= 0.3 is 6.29 Å². The average molecular weight is 478 g/mol. The SMILES string of the molecule is Cc1cc(-n2nc(Nc3ccc4c(c3)OC(F)(F)O4)cc2CCCOCc2ccccc2)ccn1. The van der Waals surface area contributed by atoms with Crippen molar-refractivity contribution in [3.05, 3.63) is 89.9 Å². The van der Waals surface area contributed by atoms with E-state index >= 15 is 0 Å². The van der Waals surface area contributed by atoms with E-state index in [0.29, 0.717) is 24.7 Å². The van der Waals surface area contributed by atoms with Gasteiger partial charge in [0.1, 0.15) is 0 Å². The van der Waals surface area contributed by atoms with E-state index in [1.807, 2.05) is 60.1 Å².